The van der Waals surface area contributed by atoms with Gasteiger partial charge in [-0.25, -0.2) is 0 Å². The molecular formula is C20H20N4O3. The van der Waals surface area contributed by atoms with E-state index in [0.717, 1.165) is 11.3 Å². The number of carbonyl (C=O) groups excluding carboxylic acids is 1. The van der Waals surface area contributed by atoms with Crippen molar-refractivity contribution >= 4 is 17.4 Å². The van der Waals surface area contributed by atoms with Crippen molar-refractivity contribution in [3.8, 4) is 11.5 Å². The van der Waals surface area contributed by atoms with E-state index in [-0.39, 0.29) is 11.6 Å². The highest BCUT2D eigenvalue weighted by atomic mass is 16.5. The molecule has 138 valence electrons. The summed E-state index contributed by atoms with van der Waals surface area (Å²) in [5.41, 5.74) is 1.79. The quantitative estimate of drug-likeness (QED) is 0.669. The zero-order valence-electron chi connectivity index (χ0n) is 15.1. The lowest BCUT2D eigenvalue weighted by Gasteiger charge is -2.10. The maximum absolute atomic E-state index is 12.4. The maximum Gasteiger partial charge on any atom is 0.276 e. The molecule has 1 heterocycles. The van der Waals surface area contributed by atoms with Crippen molar-refractivity contribution < 1.29 is 14.3 Å². The summed E-state index contributed by atoms with van der Waals surface area (Å²) >= 11 is 0. The second-order valence-electron chi connectivity index (χ2n) is 5.62. The molecule has 0 aliphatic carbocycles. The molecule has 0 bridgehead atoms. The topological polar surface area (TPSA) is 85.4 Å². The van der Waals surface area contributed by atoms with Crippen LogP contribution in [0.3, 0.4) is 0 Å². The van der Waals surface area contributed by atoms with Gasteiger partial charge in [0.05, 0.1) is 19.9 Å². The third-order valence-corrected chi connectivity index (χ3v) is 3.90. The lowest BCUT2D eigenvalue weighted by Crippen LogP contribution is -2.15. The minimum atomic E-state index is -0.358. The zero-order chi connectivity index (χ0) is 19.1. The molecule has 0 radical (unpaired) electrons. The number of anilines is 2. The first-order chi connectivity index (χ1) is 13.2. The van der Waals surface area contributed by atoms with Gasteiger partial charge in [0.2, 0.25) is 0 Å². The van der Waals surface area contributed by atoms with Gasteiger partial charge in [-0.2, -0.15) is 0 Å². The molecule has 0 fully saturated rings. The summed E-state index contributed by atoms with van der Waals surface area (Å²) in [5.74, 6) is 1.58. The van der Waals surface area contributed by atoms with Gasteiger partial charge in [0, 0.05) is 12.1 Å². The van der Waals surface area contributed by atoms with Gasteiger partial charge < -0.3 is 20.1 Å². The number of methoxy groups -OCH3 is 2. The molecule has 0 aliphatic rings. The molecule has 0 saturated carbocycles. The summed E-state index contributed by atoms with van der Waals surface area (Å²) in [4.78, 5) is 12.4. The Kier molecular flexibility index (Phi) is 5.84. The van der Waals surface area contributed by atoms with E-state index >= 15 is 0 Å². The molecule has 2 aromatic carbocycles. The van der Waals surface area contributed by atoms with Crippen LogP contribution in [0.5, 0.6) is 11.5 Å². The summed E-state index contributed by atoms with van der Waals surface area (Å²) in [5, 5.41) is 14.0. The molecule has 27 heavy (non-hydrogen) atoms. The van der Waals surface area contributed by atoms with E-state index < -0.39 is 0 Å². The number of aromatic nitrogens is 2. The van der Waals surface area contributed by atoms with Crippen LogP contribution in [0.4, 0.5) is 11.5 Å². The number of benzene rings is 2. The Bertz CT molecular complexity index is 913. The minimum absolute atomic E-state index is 0.212. The molecular weight excluding hydrogens is 344 g/mol. The van der Waals surface area contributed by atoms with Crippen molar-refractivity contribution in [1.82, 2.24) is 10.2 Å². The monoisotopic (exact) mass is 364 g/mol. The van der Waals surface area contributed by atoms with Crippen molar-refractivity contribution in [3.63, 3.8) is 0 Å². The molecule has 7 nitrogen and oxygen atoms in total. The lowest BCUT2D eigenvalue weighted by atomic mass is 10.2. The van der Waals surface area contributed by atoms with Crippen LogP contribution in [0, 0.1) is 0 Å². The summed E-state index contributed by atoms with van der Waals surface area (Å²) in [7, 11) is 3.18. The van der Waals surface area contributed by atoms with Crippen molar-refractivity contribution in [1.29, 1.82) is 0 Å². The Morgan fingerprint density at radius 1 is 0.889 bits per heavy atom. The Balaban J connectivity index is 1.63. The van der Waals surface area contributed by atoms with Crippen LogP contribution in [0.15, 0.2) is 60.7 Å². The average Bonchev–Trinajstić information content (AvgIpc) is 2.73. The van der Waals surface area contributed by atoms with Crippen molar-refractivity contribution in [2.45, 2.75) is 6.54 Å². The van der Waals surface area contributed by atoms with Crippen molar-refractivity contribution in [3.05, 3.63) is 71.9 Å². The third kappa shape index (κ3) is 4.52. The van der Waals surface area contributed by atoms with Crippen LogP contribution in [0.1, 0.15) is 16.1 Å². The smallest absolute Gasteiger partial charge is 0.276 e. The zero-order valence-corrected chi connectivity index (χ0v) is 15.1. The fourth-order valence-corrected chi connectivity index (χ4v) is 2.52. The Morgan fingerprint density at radius 2 is 1.59 bits per heavy atom. The second kappa shape index (κ2) is 8.66. The fourth-order valence-electron chi connectivity index (χ4n) is 2.52. The van der Waals surface area contributed by atoms with E-state index in [4.69, 9.17) is 9.47 Å². The van der Waals surface area contributed by atoms with Crippen molar-refractivity contribution in [2.75, 3.05) is 24.9 Å². The number of ether oxygens (including phenoxy) is 2. The number of nitrogens with one attached hydrogen (secondary N) is 2. The highest BCUT2D eigenvalue weighted by Gasteiger charge is 2.11. The van der Waals surface area contributed by atoms with Gasteiger partial charge in [-0.15, -0.1) is 10.2 Å². The highest BCUT2D eigenvalue weighted by molar-refractivity contribution is 6.03. The van der Waals surface area contributed by atoms with Crippen LogP contribution in [0.25, 0.3) is 0 Å². The normalized spacial score (nSPS) is 10.1. The van der Waals surface area contributed by atoms with Crippen LogP contribution in [-0.2, 0) is 6.54 Å². The predicted molar refractivity (Wildman–Crippen MR) is 103 cm³/mol. The molecule has 0 saturated heterocycles. The molecule has 1 amide bonds. The molecule has 0 aliphatic heterocycles. The lowest BCUT2D eigenvalue weighted by molar-refractivity contribution is 0.102. The first-order valence-electron chi connectivity index (χ1n) is 8.35. The SMILES string of the molecule is COc1ccccc1CNc1ccc(C(=O)Nc2ccccc2OC)nn1. The third-order valence-electron chi connectivity index (χ3n) is 3.90. The summed E-state index contributed by atoms with van der Waals surface area (Å²) in [6.45, 7) is 0.533. The van der Waals surface area contributed by atoms with Crippen LogP contribution < -0.4 is 20.1 Å². The maximum atomic E-state index is 12.4. The summed E-state index contributed by atoms with van der Waals surface area (Å²) in [6, 6.07) is 18.2. The second-order valence-corrected chi connectivity index (χ2v) is 5.62. The molecule has 3 aromatic rings. The van der Waals surface area contributed by atoms with Crippen LogP contribution >= 0.6 is 0 Å². The van der Waals surface area contributed by atoms with Gasteiger partial charge in [-0.3, -0.25) is 4.79 Å². The molecule has 0 unspecified atom stereocenters. The number of amides is 1. The number of hydrogen-bond acceptors (Lipinski definition) is 6. The number of carbonyl (C=O) groups is 1. The minimum Gasteiger partial charge on any atom is -0.496 e. The average molecular weight is 364 g/mol. The molecule has 2 N–H and O–H groups in total. The van der Waals surface area contributed by atoms with E-state index in [9.17, 15) is 4.79 Å². The Morgan fingerprint density at radius 3 is 2.30 bits per heavy atom. The first kappa shape index (κ1) is 18.2. The molecule has 1 aromatic heterocycles. The van der Waals surface area contributed by atoms with E-state index in [2.05, 4.69) is 20.8 Å². The molecule has 0 atom stereocenters. The largest absolute Gasteiger partial charge is 0.496 e. The summed E-state index contributed by atoms with van der Waals surface area (Å²) < 4.78 is 10.5. The van der Waals surface area contributed by atoms with Crippen LogP contribution in [0.2, 0.25) is 0 Å². The van der Waals surface area contributed by atoms with E-state index in [0.29, 0.717) is 23.8 Å². The number of rotatable bonds is 7. The van der Waals surface area contributed by atoms with E-state index in [1.165, 1.54) is 0 Å². The summed E-state index contributed by atoms with van der Waals surface area (Å²) in [6.07, 6.45) is 0. The molecule has 3 rings (SSSR count). The van der Waals surface area contributed by atoms with Crippen molar-refractivity contribution in [2.24, 2.45) is 0 Å². The van der Waals surface area contributed by atoms with Gasteiger partial charge in [0.25, 0.3) is 5.91 Å². The van der Waals surface area contributed by atoms with E-state index in [1.54, 1.807) is 38.5 Å². The number of para-hydroxylation sites is 3. The van der Waals surface area contributed by atoms with E-state index in [1.807, 2.05) is 36.4 Å². The van der Waals surface area contributed by atoms with Gasteiger partial charge >= 0.3 is 0 Å². The fraction of sp³-hybridized carbons (Fsp3) is 0.150. The van der Waals surface area contributed by atoms with Gasteiger partial charge in [-0.05, 0) is 30.3 Å². The Labute approximate surface area is 157 Å². The first-order valence-corrected chi connectivity index (χ1v) is 8.35. The standard InChI is InChI=1S/C20H20N4O3/c1-26-17-9-5-3-7-14(17)13-21-19-12-11-16(23-24-19)20(25)22-15-8-4-6-10-18(15)27-2/h3-12H,13H2,1-2H3,(H,21,24)(H,22,25). The molecule has 7 heteroatoms. The number of nitrogens with zero attached hydrogens (tertiary/aromatic N) is 2. The van der Waals surface area contributed by atoms with Gasteiger partial charge in [0.15, 0.2) is 5.69 Å². The number of hydrogen-bond donors (Lipinski definition) is 2. The Hall–Kier alpha value is -3.61. The molecule has 0 spiro atoms. The predicted octanol–water partition coefficient (Wildman–Crippen LogP) is 3.36. The van der Waals surface area contributed by atoms with Gasteiger partial charge in [0.1, 0.15) is 17.3 Å². The highest BCUT2D eigenvalue weighted by Crippen LogP contribution is 2.23. The van der Waals surface area contributed by atoms with Crippen LogP contribution in [-0.4, -0.2) is 30.3 Å². The van der Waals surface area contributed by atoms with Gasteiger partial charge in [-0.1, -0.05) is 30.3 Å².